The van der Waals surface area contributed by atoms with Gasteiger partial charge in [-0.25, -0.2) is 4.98 Å². The minimum atomic E-state index is -4.40. The predicted octanol–water partition coefficient (Wildman–Crippen LogP) is 3.34. The number of nitrogens with zero attached hydrogens (tertiary/aromatic N) is 3. The van der Waals surface area contributed by atoms with Gasteiger partial charge in [-0.15, -0.1) is 0 Å². The zero-order valence-corrected chi connectivity index (χ0v) is 17.5. The number of aromatic nitrogens is 2. The molecule has 1 atom stereocenters. The molecule has 2 aromatic rings. The van der Waals surface area contributed by atoms with Gasteiger partial charge in [0.15, 0.2) is 5.65 Å². The lowest BCUT2D eigenvalue weighted by Gasteiger charge is -2.36. The first-order valence-corrected chi connectivity index (χ1v) is 10.7. The molecule has 4 heterocycles. The van der Waals surface area contributed by atoms with Gasteiger partial charge in [-0.2, -0.15) is 13.2 Å². The fourth-order valence-electron chi connectivity index (χ4n) is 4.30. The lowest BCUT2D eigenvalue weighted by atomic mass is 10.0. The van der Waals surface area contributed by atoms with Gasteiger partial charge in [-0.05, 0) is 24.8 Å². The summed E-state index contributed by atoms with van der Waals surface area (Å²) >= 11 is 0. The van der Waals surface area contributed by atoms with Gasteiger partial charge in [0.05, 0.1) is 24.0 Å². The summed E-state index contributed by atoms with van der Waals surface area (Å²) in [5.74, 6) is 0.0797. The van der Waals surface area contributed by atoms with Crippen molar-refractivity contribution in [3.8, 4) is 0 Å². The second kappa shape index (κ2) is 8.72. The van der Waals surface area contributed by atoms with Gasteiger partial charge >= 0.3 is 6.18 Å². The standard InChI is InChI=1S/C21H30F3N5O/c1-14(2)19-11-26-20-18(9-15(12-29(19)20)21(22,23)24)27-16-3-6-28(7-4-16)13-17-10-25-5-8-30-17/h9,11-12,14,16-17,25,27H,3-8,10,13H2,1-2H3. The van der Waals surface area contributed by atoms with E-state index < -0.39 is 11.7 Å². The van der Waals surface area contributed by atoms with Gasteiger partial charge in [0.2, 0.25) is 0 Å². The molecular weight excluding hydrogens is 395 g/mol. The molecule has 166 valence electrons. The molecule has 0 aliphatic carbocycles. The van der Waals surface area contributed by atoms with Crippen LogP contribution in [-0.2, 0) is 10.9 Å². The maximum atomic E-state index is 13.5. The summed E-state index contributed by atoms with van der Waals surface area (Å²) in [7, 11) is 0. The second-order valence-electron chi connectivity index (χ2n) is 8.59. The Bertz CT molecular complexity index is 852. The molecular formula is C21H30F3N5O. The number of likely N-dealkylation sites (tertiary alicyclic amines) is 1. The van der Waals surface area contributed by atoms with Crippen molar-refractivity contribution in [1.82, 2.24) is 19.6 Å². The van der Waals surface area contributed by atoms with Gasteiger partial charge in [-0.1, -0.05) is 13.8 Å². The molecule has 2 N–H and O–H groups in total. The Morgan fingerprint density at radius 1 is 1.30 bits per heavy atom. The Balaban J connectivity index is 1.47. The Hall–Kier alpha value is -1.84. The molecule has 2 fully saturated rings. The Morgan fingerprint density at radius 2 is 2.07 bits per heavy atom. The molecule has 2 saturated heterocycles. The molecule has 0 amide bonds. The van der Waals surface area contributed by atoms with E-state index in [2.05, 4.69) is 20.5 Å². The van der Waals surface area contributed by atoms with Crippen molar-refractivity contribution in [2.45, 2.75) is 50.9 Å². The number of hydrogen-bond donors (Lipinski definition) is 2. The van der Waals surface area contributed by atoms with Crippen molar-refractivity contribution < 1.29 is 17.9 Å². The fourth-order valence-corrected chi connectivity index (χ4v) is 4.30. The average molecular weight is 425 g/mol. The minimum Gasteiger partial charge on any atom is -0.379 e. The van der Waals surface area contributed by atoms with E-state index in [0.717, 1.165) is 64.1 Å². The first-order chi connectivity index (χ1) is 14.3. The van der Waals surface area contributed by atoms with Crippen molar-refractivity contribution in [1.29, 1.82) is 0 Å². The normalized spacial score (nSPS) is 22.1. The van der Waals surface area contributed by atoms with Crippen molar-refractivity contribution in [3.05, 3.63) is 29.7 Å². The smallest absolute Gasteiger partial charge is 0.379 e. The lowest BCUT2D eigenvalue weighted by molar-refractivity contribution is -0.137. The number of nitrogens with one attached hydrogen (secondary N) is 2. The van der Waals surface area contributed by atoms with Crippen LogP contribution in [0.15, 0.2) is 18.5 Å². The van der Waals surface area contributed by atoms with E-state index in [4.69, 9.17) is 4.74 Å². The highest BCUT2D eigenvalue weighted by atomic mass is 19.4. The topological polar surface area (TPSA) is 53.8 Å². The minimum absolute atomic E-state index is 0.0797. The van der Waals surface area contributed by atoms with Crippen LogP contribution in [0.1, 0.15) is 43.9 Å². The highest BCUT2D eigenvalue weighted by Gasteiger charge is 2.33. The lowest BCUT2D eigenvalue weighted by Crippen LogP contribution is -2.48. The number of piperidine rings is 1. The zero-order valence-electron chi connectivity index (χ0n) is 17.5. The largest absolute Gasteiger partial charge is 0.417 e. The number of morpholine rings is 1. The zero-order chi connectivity index (χ0) is 21.3. The SMILES string of the molecule is CC(C)c1cnc2c(NC3CCN(CC4CNCCO4)CC3)cc(C(F)(F)F)cn12. The first-order valence-electron chi connectivity index (χ1n) is 10.7. The number of ether oxygens (including phenoxy) is 1. The van der Waals surface area contributed by atoms with Gasteiger partial charge in [-0.3, -0.25) is 0 Å². The van der Waals surface area contributed by atoms with E-state index >= 15 is 0 Å². The van der Waals surface area contributed by atoms with Gasteiger partial charge in [0.25, 0.3) is 0 Å². The molecule has 2 aliphatic rings. The number of pyridine rings is 1. The third-order valence-electron chi connectivity index (χ3n) is 5.97. The van der Waals surface area contributed by atoms with Crippen molar-refractivity contribution in [2.75, 3.05) is 44.6 Å². The molecule has 1 unspecified atom stereocenters. The third-order valence-corrected chi connectivity index (χ3v) is 5.97. The third kappa shape index (κ3) is 4.73. The summed E-state index contributed by atoms with van der Waals surface area (Å²) in [5, 5.41) is 6.70. The number of alkyl halides is 3. The van der Waals surface area contributed by atoms with E-state index in [1.165, 1.54) is 6.07 Å². The van der Waals surface area contributed by atoms with Crippen LogP contribution >= 0.6 is 0 Å². The quantitative estimate of drug-likeness (QED) is 0.770. The number of imidazole rings is 1. The summed E-state index contributed by atoms with van der Waals surface area (Å²) in [6, 6.07) is 1.32. The fraction of sp³-hybridized carbons (Fsp3) is 0.667. The van der Waals surface area contributed by atoms with Crippen LogP contribution in [0, 0.1) is 0 Å². The Morgan fingerprint density at radius 3 is 2.70 bits per heavy atom. The molecule has 30 heavy (non-hydrogen) atoms. The molecule has 2 aliphatic heterocycles. The van der Waals surface area contributed by atoms with E-state index in [0.29, 0.717) is 11.3 Å². The number of halogens is 3. The van der Waals surface area contributed by atoms with Crippen LogP contribution in [0.2, 0.25) is 0 Å². The number of fused-ring (bicyclic) bond motifs is 1. The maximum Gasteiger partial charge on any atom is 0.417 e. The number of rotatable bonds is 5. The van der Waals surface area contributed by atoms with Crippen LogP contribution in [0.25, 0.3) is 5.65 Å². The van der Waals surface area contributed by atoms with E-state index in [-0.39, 0.29) is 18.1 Å². The maximum absolute atomic E-state index is 13.5. The molecule has 0 spiro atoms. The van der Waals surface area contributed by atoms with Crippen LogP contribution in [0.3, 0.4) is 0 Å². The predicted molar refractivity (Wildman–Crippen MR) is 110 cm³/mol. The average Bonchev–Trinajstić information content (AvgIpc) is 3.14. The molecule has 6 nitrogen and oxygen atoms in total. The highest BCUT2D eigenvalue weighted by Crippen LogP contribution is 2.34. The molecule has 0 aromatic carbocycles. The van der Waals surface area contributed by atoms with Crippen molar-refractivity contribution >= 4 is 11.3 Å². The highest BCUT2D eigenvalue weighted by molar-refractivity contribution is 5.69. The Labute approximate surface area is 174 Å². The number of anilines is 1. The van der Waals surface area contributed by atoms with Crippen LogP contribution in [-0.4, -0.2) is 65.8 Å². The molecule has 2 aromatic heterocycles. The molecule has 0 radical (unpaired) electrons. The summed E-state index contributed by atoms with van der Waals surface area (Å²) in [6.45, 7) is 9.13. The molecule has 4 rings (SSSR count). The summed E-state index contributed by atoms with van der Waals surface area (Å²) in [6.07, 6.45) is 0.391. The van der Waals surface area contributed by atoms with Gasteiger partial charge < -0.3 is 24.7 Å². The summed E-state index contributed by atoms with van der Waals surface area (Å²) in [4.78, 5) is 6.80. The molecule has 0 bridgehead atoms. The van der Waals surface area contributed by atoms with E-state index in [1.807, 2.05) is 13.8 Å². The second-order valence-corrected chi connectivity index (χ2v) is 8.59. The van der Waals surface area contributed by atoms with Gasteiger partial charge in [0, 0.05) is 56.9 Å². The summed E-state index contributed by atoms with van der Waals surface area (Å²) in [5.41, 5.74) is 1.12. The monoisotopic (exact) mass is 425 g/mol. The van der Waals surface area contributed by atoms with Crippen LogP contribution in [0.5, 0.6) is 0 Å². The van der Waals surface area contributed by atoms with E-state index in [9.17, 15) is 13.2 Å². The molecule has 9 heteroatoms. The molecule has 0 saturated carbocycles. The summed E-state index contributed by atoms with van der Waals surface area (Å²) < 4.78 is 47.9. The van der Waals surface area contributed by atoms with Crippen LogP contribution < -0.4 is 10.6 Å². The number of hydrogen-bond acceptors (Lipinski definition) is 5. The van der Waals surface area contributed by atoms with Crippen molar-refractivity contribution in [3.63, 3.8) is 0 Å². The van der Waals surface area contributed by atoms with E-state index in [1.54, 1.807) is 10.6 Å². The van der Waals surface area contributed by atoms with Gasteiger partial charge in [0.1, 0.15) is 0 Å². The Kier molecular flexibility index (Phi) is 6.22. The van der Waals surface area contributed by atoms with Crippen molar-refractivity contribution in [2.24, 2.45) is 0 Å². The first kappa shape index (κ1) is 21.4. The van der Waals surface area contributed by atoms with Crippen LogP contribution in [0.4, 0.5) is 18.9 Å².